The van der Waals surface area contributed by atoms with Gasteiger partial charge >= 0.3 is 15.5 Å². The minimum Gasteiger partial charge on any atom is -0.374 e. The highest BCUT2D eigenvalue weighted by Crippen LogP contribution is 2.27. The Bertz CT molecular complexity index is 370. The van der Waals surface area contributed by atoms with Gasteiger partial charge in [-0.25, -0.2) is 8.42 Å². The Balaban J connectivity index is 2.64. The van der Waals surface area contributed by atoms with E-state index in [-0.39, 0.29) is 25.7 Å². The Hall–Kier alpha value is -0.380. The molecule has 0 bridgehead atoms. The highest BCUT2D eigenvalue weighted by atomic mass is 32.2. The minimum atomic E-state index is -5.25. The van der Waals surface area contributed by atoms with E-state index in [2.05, 4.69) is 5.32 Å². The molecule has 1 aliphatic heterocycles. The van der Waals surface area contributed by atoms with Crippen LogP contribution in [0, 0.1) is 0 Å². The number of morpholine rings is 1. The fourth-order valence-electron chi connectivity index (χ4n) is 1.55. The quantitative estimate of drug-likeness (QED) is 0.821. The van der Waals surface area contributed by atoms with E-state index in [4.69, 9.17) is 4.74 Å². The van der Waals surface area contributed by atoms with Crippen molar-refractivity contribution >= 4 is 10.0 Å². The summed E-state index contributed by atoms with van der Waals surface area (Å²) in [6.45, 7) is 3.52. The first kappa shape index (κ1) is 15.7. The van der Waals surface area contributed by atoms with Gasteiger partial charge in [0.2, 0.25) is 0 Å². The van der Waals surface area contributed by atoms with Crippen molar-refractivity contribution in [2.24, 2.45) is 0 Å². The highest BCUT2D eigenvalue weighted by molar-refractivity contribution is 7.90. The largest absolute Gasteiger partial charge is 0.511 e. The first-order valence-electron chi connectivity index (χ1n) is 5.56. The molecule has 18 heavy (non-hydrogen) atoms. The second kappa shape index (κ2) is 5.72. The summed E-state index contributed by atoms with van der Waals surface area (Å²) in [5, 5.41) is 3.00. The lowest BCUT2D eigenvalue weighted by Gasteiger charge is -2.32. The van der Waals surface area contributed by atoms with Crippen molar-refractivity contribution in [1.82, 2.24) is 9.62 Å². The van der Waals surface area contributed by atoms with E-state index in [9.17, 15) is 21.6 Å². The Kier molecular flexibility index (Phi) is 4.98. The molecule has 0 aliphatic carbocycles. The Morgan fingerprint density at radius 1 is 1.44 bits per heavy atom. The molecular weight excluding hydrogens is 273 g/mol. The molecule has 1 aliphatic rings. The molecule has 1 heterocycles. The van der Waals surface area contributed by atoms with Gasteiger partial charge in [-0.3, -0.25) is 0 Å². The first-order chi connectivity index (χ1) is 8.14. The summed E-state index contributed by atoms with van der Waals surface area (Å²) in [6, 6.07) is 0.156. The molecule has 0 aromatic heterocycles. The third kappa shape index (κ3) is 3.81. The molecule has 108 valence electrons. The van der Waals surface area contributed by atoms with Crippen LogP contribution in [-0.2, 0) is 14.8 Å². The maximum Gasteiger partial charge on any atom is 0.511 e. The van der Waals surface area contributed by atoms with Gasteiger partial charge in [0.05, 0.1) is 12.7 Å². The molecule has 0 radical (unpaired) electrons. The number of alkyl halides is 3. The van der Waals surface area contributed by atoms with Crippen molar-refractivity contribution in [2.75, 3.05) is 26.2 Å². The number of nitrogens with zero attached hydrogens (tertiary/aromatic N) is 1. The summed E-state index contributed by atoms with van der Waals surface area (Å²) in [5.41, 5.74) is -5.25. The monoisotopic (exact) mass is 290 g/mol. The van der Waals surface area contributed by atoms with Crippen LogP contribution in [0.2, 0.25) is 0 Å². The number of hydrogen-bond donors (Lipinski definition) is 1. The molecule has 1 fully saturated rings. The number of ether oxygens (including phenoxy) is 1. The van der Waals surface area contributed by atoms with Crippen molar-refractivity contribution in [3.63, 3.8) is 0 Å². The molecule has 0 aromatic rings. The highest BCUT2D eigenvalue weighted by Gasteiger charge is 2.50. The summed E-state index contributed by atoms with van der Waals surface area (Å²) in [6.07, 6.45) is -0.557. The number of hydrogen-bond acceptors (Lipinski definition) is 4. The lowest BCUT2D eigenvalue weighted by molar-refractivity contribution is -0.0569. The normalized spacial score (nSPS) is 23.6. The van der Waals surface area contributed by atoms with Crippen LogP contribution >= 0.6 is 0 Å². The predicted octanol–water partition coefficient (Wildman–Crippen LogP) is 0.535. The molecule has 1 saturated heterocycles. The lowest BCUT2D eigenvalue weighted by Crippen LogP contribution is -2.52. The van der Waals surface area contributed by atoms with E-state index >= 15 is 0 Å². The Morgan fingerprint density at radius 2 is 2.06 bits per heavy atom. The van der Waals surface area contributed by atoms with Crippen molar-refractivity contribution < 1.29 is 26.3 Å². The smallest absolute Gasteiger partial charge is 0.374 e. The van der Waals surface area contributed by atoms with E-state index in [1.54, 1.807) is 0 Å². The van der Waals surface area contributed by atoms with Gasteiger partial charge in [-0.05, 0) is 0 Å². The van der Waals surface area contributed by atoms with E-state index < -0.39 is 21.6 Å². The summed E-state index contributed by atoms with van der Waals surface area (Å²) < 4.78 is 65.2. The molecule has 0 spiro atoms. The minimum absolute atomic E-state index is 0.0280. The number of halogens is 3. The molecule has 9 heteroatoms. The Labute approximate surface area is 104 Å². The SMILES string of the molecule is CC(C)NCC1CN(S(=O)(=O)C(F)(F)F)CCO1. The lowest BCUT2D eigenvalue weighted by atomic mass is 10.3. The van der Waals surface area contributed by atoms with Crippen molar-refractivity contribution in [3.05, 3.63) is 0 Å². The standard InChI is InChI=1S/C9H17F3N2O3S/c1-7(2)13-5-8-6-14(3-4-17-8)18(15,16)9(10,11)12/h7-8,13H,3-6H2,1-2H3. The maximum atomic E-state index is 12.4. The molecule has 1 atom stereocenters. The van der Waals surface area contributed by atoms with Crippen molar-refractivity contribution in [3.8, 4) is 0 Å². The van der Waals surface area contributed by atoms with Gasteiger partial charge in [-0.2, -0.15) is 17.5 Å². The zero-order valence-electron chi connectivity index (χ0n) is 10.2. The van der Waals surface area contributed by atoms with Gasteiger partial charge in [0.25, 0.3) is 0 Å². The molecule has 1 unspecified atom stereocenters. The van der Waals surface area contributed by atoms with Gasteiger partial charge < -0.3 is 10.1 Å². The van der Waals surface area contributed by atoms with Gasteiger partial charge in [-0.15, -0.1) is 0 Å². The van der Waals surface area contributed by atoms with Crippen LogP contribution in [0.25, 0.3) is 0 Å². The average Bonchev–Trinajstić information content (AvgIpc) is 2.25. The summed E-state index contributed by atoms with van der Waals surface area (Å²) in [4.78, 5) is 0. The van der Waals surface area contributed by atoms with Crippen LogP contribution in [0.1, 0.15) is 13.8 Å². The fourth-order valence-corrected chi connectivity index (χ4v) is 2.52. The molecule has 1 N–H and O–H groups in total. The van der Waals surface area contributed by atoms with E-state index in [0.29, 0.717) is 10.8 Å². The molecule has 5 nitrogen and oxygen atoms in total. The van der Waals surface area contributed by atoms with Gasteiger partial charge in [-0.1, -0.05) is 13.8 Å². The van der Waals surface area contributed by atoms with Crippen LogP contribution < -0.4 is 5.32 Å². The second-order valence-corrected chi connectivity index (χ2v) is 6.29. The molecule has 0 aromatic carbocycles. The van der Waals surface area contributed by atoms with Gasteiger partial charge in [0.15, 0.2) is 0 Å². The zero-order valence-corrected chi connectivity index (χ0v) is 11.0. The number of nitrogens with one attached hydrogen (secondary N) is 1. The van der Waals surface area contributed by atoms with Crippen molar-refractivity contribution in [2.45, 2.75) is 31.5 Å². The van der Waals surface area contributed by atoms with E-state index in [0.717, 1.165) is 0 Å². The molecule has 0 saturated carbocycles. The summed E-state index contributed by atoms with van der Waals surface area (Å²) in [7, 11) is -5.25. The van der Waals surface area contributed by atoms with Gasteiger partial charge in [0.1, 0.15) is 0 Å². The summed E-state index contributed by atoms with van der Waals surface area (Å²) >= 11 is 0. The van der Waals surface area contributed by atoms with Crippen LogP contribution in [0.4, 0.5) is 13.2 Å². The molecule has 0 amide bonds. The second-order valence-electron chi connectivity index (χ2n) is 4.36. The van der Waals surface area contributed by atoms with Crippen LogP contribution in [0.5, 0.6) is 0 Å². The van der Waals surface area contributed by atoms with Gasteiger partial charge in [0, 0.05) is 25.7 Å². The van der Waals surface area contributed by atoms with E-state index in [1.165, 1.54) is 0 Å². The third-order valence-corrected chi connectivity index (χ3v) is 4.08. The first-order valence-corrected chi connectivity index (χ1v) is 7.00. The number of sulfonamides is 1. The zero-order chi connectivity index (χ0) is 14.0. The van der Waals surface area contributed by atoms with E-state index in [1.807, 2.05) is 13.8 Å². The summed E-state index contributed by atoms with van der Waals surface area (Å²) in [5.74, 6) is 0. The van der Waals surface area contributed by atoms with Crippen LogP contribution in [0.3, 0.4) is 0 Å². The average molecular weight is 290 g/mol. The molecular formula is C9H17F3N2O3S. The predicted molar refractivity (Wildman–Crippen MR) is 59.4 cm³/mol. The van der Waals surface area contributed by atoms with Crippen LogP contribution in [-0.4, -0.2) is 56.6 Å². The fraction of sp³-hybridized carbons (Fsp3) is 1.00. The maximum absolute atomic E-state index is 12.4. The topological polar surface area (TPSA) is 58.6 Å². The van der Waals surface area contributed by atoms with Crippen molar-refractivity contribution in [1.29, 1.82) is 0 Å². The van der Waals surface area contributed by atoms with Crippen LogP contribution in [0.15, 0.2) is 0 Å². The molecule has 1 rings (SSSR count). The third-order valence-electron chi connectivity index (χ3n) is 2.49. The number of rotatable bonds is 4. The Morgan fingerprint density at radius 3 is 2.56 bits per heavy atom.